The van der Waals surface area contributed by atoms with Gasteiger partial charge in [0.1, 0.15) is 16.1 Å². The Morgan fingerprint density at radius 2 is 2.05 bits per heavy atom. The first-order valence-electron chi connectivity index (χ1n) is 6.12. The lowest BCUT2D eigenvalue weighted by Crippen LogP contribution is -1.98. The van der Waals surface area contributed by atoms with E-state index in [2.05, 4.69) is 25.9 Å². The lowest BCUT2D eigenvalue weighted by molar-refractivity contribution is 0.297. The zero-order valence-corrected chi connectivity index (χ0v) is 11.9. The number of rotatable bonds is 2. The Hall–Kier alpha value is -1.53. The van der Waals surface area contributed by atoms with Crippen LogP contribution in [0.2, 0.25) is 0 Å². The molecular formula is C13H14BrN3O2. The highest BCUT2D eigenvalue weighted by Crippen LogP contribution is 2.35. The molecule has 0 atom stereocenters. The second-order valence-corrected chi connectivity index (χ2v) is 5.06. The Morgan fingerprint density at radius 1 is 1.26 bits per heavy atom. The molecule has 1 aromatic carbocycles. The first kappa shape index (κ1) is 12.5. The molecule has 19 heavy (non-hydrogen) atoms. The van der Waals surface area contributed by atoms with E-state index in [4.69, 9.17) is 15.2 Å². The van der Waals surface area contributed by atoms with Gasteiger partial charge < -0.3 is 20.2 Å². The number of benzene rings is 1. The Labute approximate surface area is 119 Å². The van der Waals surface area contributed by atoms with Crippen LogP contribution >= 0.6 is 15.9 Å². The second-order valence-electron chi connectivity index (χ2n) is 4.26. The monoisotopic (exact) mass is 323 g/mol. The minimum absolute atomic E-state index is 0.378. The van der Waals surface area contributed by atoms with Crippen molar-refractivity contribution in [3.05, 3.63) is 28.6 Å². The number of H-pyrrole nitrogens is 1. The van der Waals surface area contributed by atoms with Crippen LogP contribution in [-0.2, 0) is 6.54 Å². The summed E-state index contributed by atoms with van der Waals surface area (Å²) in [5.41, 5.74) is 7.38. The van der Waals surface area contributed by atoms with Crippen LogP contribution in [0.4, 0.5) is 0 Å². The number of halogens is 1. The number of hydrogen-bond acceptors (Lipinski definition) is 4. The number of aromatic nitrogens is 2. The number of ether oxygens (including phenoxy) is 2. The van der Waals surface area contributed by atoms with Crippen molar-refractivity contribution >= 4 is 15.9 Å². The van der Waals surface area contributed by atoms with Crippen LogP contribution in [0.15, 0.2) is 22.8 Å². The van der Waals surface area contributed by atoms with Gasteiger partial charge in [0, 0.05) is 12.0 Å². The minimum Gasteiger partial charge on any atom is -0.490 e. The van der Waals surface area contributed by atoms with Crippen molar-refractivity contribution in [3.8, 4) is 22.8 Å². The maximum atomic E-state index is 5.68. The van der Waals surface area contributed by atoms with Crippen LogP contribution in [0, 0.1) is 0 Å². The standard InChI is InChI=1S/C13H14BrN3O2/c14-13-12(16-11(7-15)17-13)8-2-3-9-10(6-8)19-5-1-4-18-9/h2-3,6H,1,4-5,7,15H2,(H,16,17). The van der Waals surface area contributed by atoms with Crippen LogP contribution in [-0.4, -0.2) is 23.2 Å². The summed E-state index contributed by atoms with van der Waals surface area (Å²) in [6.07, 6.45) is 0.896. The molecule has 0 bridgehead atoms. The molecule has 0 saturated heterocycles. The fourth-order valence-electron chi connectivity index (χ4n) is 2.00. The predicted molar refractivity (Wildman–Crippen MR) is 75.2 cm³/mol. The first-order chi connectivity index (χ1) is 9.28. The van der Waals surface area contributed by atoms with Gasteiger partial charge in [0.25, 0.3) is 0 Å². The molecule has 0 spiro atoms. The van der Waals surface area contributed by atoms with Gasteiger partial charge in [-0.25, -0.2) is 4.98 Å². The topological polar surface area (TPSA) is 73.2 Å². The van der Waals surface area contributed by atoms with Crippen molar-refractivity contribution in [3.63, 3.8) is 0 Å². The summed E-state index contributed by atoms with van der Waals surface area (Å²) in [7, 11) is 0. The molecule has 0 amide bonds. The average molecular weight is 324 g/mol. The molecule has 2 aromatic rings. The van der Waals surface area contributed by atoms with E-state index >= 15 is 0 Å². The Balaban J connectivity index is 2.01. The molecule has 0 aliphatic carbocycles. The molecule has 1 aromatic heterocycles. The van der Waals surface area contributed by atoms with Crippen LogP contribution in [0.1, 0.15) is 12.2 Å². The lowest BCUT2D eigenvalue weighted by atomic mass is 10.1. The largest absolute Gasteiger partial charge is 0.490 e. The van der Waals surface area contributed by atoms with Gasteiger partial charge in [0.05, 0.1) is 19.8 Å². The smallest absolute Gasteiger partial charge is 0.161 e. The third-order valence-corrected chi connectivity index (χ3v) is 3.50. The number of hydrogen-bond donors (Lipinski definition) is 2. The van der Waals surface area contributed by atoms with Gasteiger partial charge in [-0.1, -0.05) is 0 Å². The molecule has 1 aliphatic rings. The van der Waals surface area contributed by atoms with Gasteiger partial charge in [0.15, 0.2) is 11.5 Å². The van der Waals surface area contributed by atoms with Crippen LogP contribution < -0.4 is 15.2 Å². The first-order valence-corrected chi connectivity index (χ1v) is 6.91. The quantitative estimate of drug-likeness (QED) is 0.890. The van der Waals surface area contributed by atoms with E-state index in [-0.39, 0.29) is 0 Å². The highest BCUT2D eigenvalue weighted by Gasteiger charge is 2.15. The van der Waals surface area contributed by atoms with Gasteiger partial charge in [-0.2, -0.15) is 0 Å². The third-order valence-electron chi connectivity index (χ3n) is 2.92. The summed E-state index contributed by atoms with van der Waals surface area (Å²) in [5.74, 6) is 2.29. The van der Waals surface area contributed by atoms with E-state index in [0.29, 0.717) is 19.8 Å². The van der Waals surface area contributed by atoms with E-state index in [1.807, 2.05) is 18.2 Å². The summed E-state index contributed by atoms with van der Waals surface area (Å²) in [4.78, 5) is 7.54. The molecule has 0 saturated carbocycles. The molecular weight excluding hydrogens is 310 g/mol. The summed E-state index contributed by atoms with van der Waals surface area (Å²) in [6.45, 7) is 1.74. The van der Waals surface area contributed by atoms with Crippen LogP contribution in [0.5, 0.6) is 11.5 Å². The van der Waals surface area contributed by atoms with Gasteiger partial charge in [-0.15, -0.1) is 0 Å². The lowest BCUT2D eigenvalue weighted by Gasteiger charge is -2.08. The molecule has 100 valence electrons. The summed E-state index contributed by atoms with van der Waals surface area (Å²) >= 11 is 3.46. The maximum Gasteiger partial charge on any atom is 0.161 e. The van der Waals surface area contributed by atoms with Crippen molar-refractivity contribution in [2.75, 3.05) is 13.2 Å². The molecule has 6 heteroatoms. The number of imidazole rings is 1. The molecule has 1 aliphatic heterocycles. The fourth-order valence-corrected chi connectivity index (χ4v) is 2.54. The molecule has 2 heterocycles. The van der Waals surface area contributed by atoms with E-state index in [1.165, 1.54) is 0 Å². The number of nitrogens with one attached hydrogen (secondary N) is 1. The van der Waals surface area contributed by atoms with E-state index < -0.39 is 0 Å². The minimum atomic E-state index is 0.378. The van der Waals surface area contributed by atoms with Crippen molar-refractivity contribution in [2.45, 2.75) is 13.0 Å². The highest BCUT2D eigenvalue weighted by atomic mass is 79.9. The Bertz CT molecular complexity index is 598. The number of nitrogens with two attached hydrogens (primary N) is 1. The van der Waals surface area contributed by atoms with Gasteiger partial charge in [0.2, 0.25) is 0 Å². The highest BCUT2D eigenvalue weighted by molar-refractivity contribution is 9.10. The van der Waals surface area contributed by atoms with Gasteiger partial charge in [-0.3, -0.25) is 0 Å². The molecule has 3 N–H and O–H groups in total. The average Bonchev–Trinajstić information content (AvgIpc) is 2.66. The molecule has 3 rings (SSSR count). The van der Waals surface area contributed by atoms with Crippen LogP contribution in [0.25, 0.3) is 11.3 Å². The zero-order valence-electron chi connectivity index (χ0n) is 10.3. The van der Waals surface area contributed by atoms with E-state index in [1.54, 1.807) is 0 Å². The number of aromatic amines is 1. The SMILES string of the molecule is NCc1nc(-c2ccc3c(c2)OCCCO3)c(Br)[nH]1. The predicted octanol–water partition coefficient (Wildman–Crippen LogP) is 2.46. The maximum absolute atomic E-state index is 5.68. The van der Waals surface area contributed by atoms with Gasteiger partial charge in [-0.05, 0) is 34.1 Å². The third kappa shape index (κ3) is 2.46. The van der Waals surface area contributed by atoms with Crippen molar-refractivity contribution in [2.24, 2.45) is 5.73 Å². The normalized spacial score (nSPS) is 14.2. The van der Waals surface area contributed by atoms with Crippen molar-refractivity contribution in [1.82, 2.24) is 9.97 Å². The van der Waals surface area contributed by atoms with Crippen molar-refractivity contribution in [1.29, 1.82) is 0 Å². The zero-order chi connectivity index (χ0) is 13.2. The van der Waals surface area contributed by atoms with Crippen molar-refractivity contribution < 1.29 is 9.47 Å². The summed E-state index contributed by atoms with van der Waals surface area (Å²) in [5, 5.41) is 0. The Morgan fingerprint density at radius 3 is 2.79 bits per heavy atom. The molecule has 0 fully saturated rings. The summed E-state index contributed by atoms with van der Waals surface area (Å²) in [6, 6.07) is 5.83. The molecule has 0 unspecified atom stereocenters. The van der Waals surface area contributed by atoms with Crippen LogP contribution in [0.3, 0.4) is 0 Å². The Kier molecular flexibility index (Phi) is 3.44. The van der Waals surface area contributed by atoms with Gasteiger partial charge >= 0.3 is 0 Å². The number of fused-ring (bicyclic) bond motifs is 1. The summed E-state index contributed by atoms with van der Waals surface area (Å²) < 4.78 is 12.1. The fraction of sp³-hybridized carbons (Fsp3) is 0.308. The molecule has 0 radical (unpaired) electrons. The number of nitrogens with zero attached hydrogens (tertiary/aromatic N) is 1. The van der Waals surface area contributed by atoms with E-state index in [0.717, 1.165) is 39.6 Å². The molecule has 5 nitrogen and oxygen atoms in total. The second kappa shape index (κ2) is 5.22. The van der Waals surface area contributed by atoms with E-state index in [9.17, 15) is 0 Å².